The number of benzene rings is 1. The first-order valence-electron chi connectivity index (χ1n) is 7.30. The fraction of sp³-hybridized carbons (Fsp3) is 0.625. The maximum atomic E-state index is 13.0. The molecule has 0 saturated carbocycles. The average molecular weight is 301 g/mol. The van der Waals surface area contributed by atoms with Crippen LogP contribution in [0.25, 0.3) is 0 Å². The molecule has 0 amide bonds. The van der Waals surface area contributed by atoms with Gasteiger partial charge in [0.05, 0.1) is 0 Å². The first-order chi connectivity index (χ1) is 9.49. The summed E-state index contributed by atoms with van der Waals surface area (Å²) >= 11 is 6.03. The summed E-state index contributed by atoms with van der Waals surface area (Å²) in [6.45, 7) is 6.06. The largest absolute Gasteiger partial charge is 0.311 e. The molecule has 1 unspecified atom stereocenters. The summed E-state index contributed by atoms with van der Waals surface area (Å²) in [5, 5.41) is 3.93. The molecule has 0 aliphatic rings. The zero-order valence-corrected chi connectivity index (χ0v) is 13.7. The van der Waals surface area contributed by atoms with E-state index in [9.17, 15) is 4.39 Å². The highest BCUT2D eigenvalue weighted by molar-refractivity contribution is 6.31. The first-order valence-corrected chi connectivity index (χ1v) is 7.68. The Morgan fingerprint density at radius 1 is 1.25 bits per heavy atom. The molecule has 1 aromatic carbocycles. The molecule has 0 radical (unpaired) electrons. The fourth-order valence-electron chi connectivity index (χ4n) is 2.62. The molecule has 20 heavy (non-hydrogen) atoms. The van der Waals surface area contributed by atoms with Gasteiger partial charge in [-0.05, 0) is 37.7 Å². The van der Waals surface area contributed by atoms with Gasteiger partial charge >= 0.3 is 0 Å². The van der Waals surface area contributed by atoms with Gasteiger partial charge in [0.2, 0.25) is 0 Å². The maximum Gasteiger partial charge on any atom is 0.124 e. The van der Waals surface area contributed by atoms with E-state index in [2.05, 4.69) is 38.2 Å². The zero-order chi connectivity index (χ0) is 15.1. The predicted molar refractivity (Wildman–Crippen MR) is 84.7 cm³/mol. The highest BCUT2D eigenvalue weighted by atomic mass is 35.5. The summed E-state index contributed by atoms with van der Waals surface area (Å²) in [4.78, 5) is 2.27. The van der Waals surface area contributed by atoms with E-state index in [-0.39, 0.29) is 5.82 Å². The van der Waals surface area contributed by atoms with E-state index >= 15 is 0 Å². The van der Waals surface area contributed by atoms with Crippen LogP contribution in [0.2, 0.25) is 5.02 Å². The smallest absolute Gasteiger partial charge is 0.124 e. The minimum Gasteiger partial charge on any atom is -0.311 e. The third-order valence-corrected chi connectivity index (χ3v) is 4.29. The molecule has 0 aromatic heterocycles. The van der Waals surface area contributed by atoms with Crippen molar-refractivity contribution in [3.63, 3.8) is 0 Å². The predicted octanol–water partition coefficient (Wildman–Crippen LogP) is 3.94. The summed E-state index contributed by atoms with van der Waals surface area (Å²) < 4.78 is 13.0. The Labute approximate surface area is 127 Å². The van der Waals surface area contributed by atoms with Gasteiger partial charge in [-0.2, -0.15) is 0 Å². The molecule has 1 aromatic rings. The topological polar surface area (TPSA) is 15.3 Å². The summed E-state index contributed by atoms with van der Waals surface area (Å²) in [6.07, 6.45) is 2.36. The second-order valence-electron chi connectivity index (χ2n) is 5.47. The molecule has 0 aliphatic heterocycles. The average Bonchev–Trinajstić information content (AvgIpc) is 2.40. The number of nitrogens with one attached hydrogen (secondary N) is 1. The van der Waals surface area contributed by atoms with Gasteiger partial charge in [0, 0.05) is 24.2 Å². The van der Waals surface area contributed by atoms with Crippen LogP contribution in [0.5, 0.6) is 0 Å². The quantitative estimate of drug-likeness (QED) is 0.782. The molecule has 2 nitrogen and oxygen atoms in total. The van der Waals surface area contributed by atoms with Crippen molar-refractivity contribution in [3.05, 3.63) is 34.6 Å². The first kappa shape index (κ1) is 17.4. The molecule has 4 heteroatoms. The molecular formula is C16H26ClFN2. The number of rotatable bonds is 8. The van der Waals surface area contributed by atoms with Crippen LogP contribution in [-0.2, 0) is 6.54 Å². The van der Waals surface area contributed by atoms with Gasteiger partial charge in [-0.3, -0.25) is 0 Å². The normalized spacial score (nSPS) is 13.2. The molecular weight excluding hydrogens is 275 g/mol. The summed E-state index contributed by atoms with van der Waals surface area (Å²) in [5.74, 6) is 0.392. The third kappa shape index (κ3) is 5.04. The summed E-state index contributed by atoms with van der Waals surface area (Å²) in [5.41, 5.74) is 0.940. The van der Waals surface area contributed by atoms with E-state index in [1.54, 1.807) is 6.07 Å². The molecule has 0 spiro atoms. The number of likely N-dealkylation sites (N-methyl/N-ethyl adjacent to an activating group) is 1. The van der Waals surface area contributed by atoms with Crippen molar-refractivity contribution in [2.75, 3.05) is 20.6 Å². The van der Waals surface area contributed by atoms with Crippen LogP contribution in [0.4, 0.5) is 4.39 Å². The number of halogens is 2. The molecule has 0 heterocycles. The Morgan fingerprint density at radius 3 is 2.40 bits per heavy atom. The number of hydrogen-bond donors (Lipinski definition) is 1. The van der Waals surface area contributed by atoms with Gasteiger partial charge in [0.15, 0.2) is 0 Å². The van der Waals surface area contributed by atoms with Gasteiger partial charge in [-0.1, -0.05) is 44.4 Å². The van der Waals surface area contributed by atoms with Crippen molar-refractivity contribution in [3.8, 4) is 0 Å². The molecule has 1 N–H and O–H groups in total. The Kier molecular flexibility index (Phi) is 7.49. The number of hydrogen-bond acceptors (Lipinski definition) is 2. The van der Waals surface area contributed by atoms with Gasteiger partial charge in [0.1, 0.15) is 5.82 Å². The monoisotopic (exact) mass is 300 g/mol. The molecule has 0 saturated heterocycles. The van der Waals surface area contributed by atoms with E-state index < -0.39 is 0 Å². The Morgan fingerprint density at radius 2 is 1.90 bits per heavy atom. The Bertz CT molecular complexity index is 405. The van der Waals surface area contributed by atoms with Crippen molar-refractivity contribution in [2.45, 2.75) is 39.3 Å². The standard InChI is InChI=1S/C16H26ClFN2/c1-5-12(6-2)16(20(3)4)11-19-10-13-7-8-14(18)9-15(13)17/h7-9,12,16,19H,5-6,10-11H2,1-4H3. The lowest BCUT2D eigenvalue weighted by atomic mass is 9.93. The van der Waals surface area contributed by atoms with E-state index in [0.717, 1.165) is 12.1 Å². The Hall–Kier alpha value is -0.640. The van der Waals surface area contributed by atoms with E-state index in [1.165, 1.54) is 25.0 Å². The molecule has 0 aliphatic carbocycles. The molecule has 0 fully saturated rings. The van der Waals surface area contributed by atoms with E-state index in [4.69, 9.17) is 11.6 Å². The van der Waals surface area contributed by atoms with Crippen molar-refractivity contribution in [1.29, 1.82) is 0 Å². The molecule has 1 rings (SSSR count). The van der Waals surface area contributed by atoms with Crippen LogP contribution < -0.4 is 5.32 Å². The van der Waals surface area contributed by atoms with Crippen molar-refractivity contribution in [1.82, 2.24) is 10.2 Å². The number of nitrogens with zero attached hydrogens (tertiary/aromatic N) is 1. The van der Waals surface area contributed by atoms with Crippen LogP contribution in [0.3, 0.4) is 0 Å². The Balaban J connectivity index is 2.56. The van der Waals surface area contributed by atoms with Crippen LogP contribution >= 0.6 is 11.6 Å². The van der Waals surface area contributed by atoms with Gasteiger partial charge in [-0.25, -0.2) is 4.39 Å². The molecule has 1 atom stereocenters. The van der Waals surface area contributed by atoms with Crippen molar-refractivity contribution >= 4 is 11.6 Å². The lowest BCUT2D eigenvalue weighted by Crippen LogP contribution is -2.42. The van der Waals surface area contributed by atoms with Gasteiger partial charge < -0.3 is 10.2 Å². The maximum absolute atomic E-state index is 13.0. The van der Waals surface area contributed by atoms with Crippen LogP contribution in [0.15, 0.2) is 18.2 Å². The second-order valence-corrected chi connectivity index (χ2v) is 5.88. The lowest BCUT2D eigenvalue weighted by molar-refractivity contribution is 0.194. The third-order valence-electron chi connectivity index (χ3n) is 3.94. The summed E-state index contributed by atoms with van der Waals surface area (Å²) in [7, 11) is 4.24. The van der Waals surface area contributed by atoms with Crippen LogP contribution in [-0.4, -0.2) is 31.6 Å². The van der Waals surface area contributed by atoms with Gasteiger partial charge in [0.25, 0.3) is 0 Å². The molecule has 114 valence electrons. The zero-order valence-electron chi connectivity index (χ0n) is 12.9. The minimum absolute atomic E-state index is 0.290. The second kappa shape index (κ2) is 8.60. The lowest BCUT2D eigenvalue weighted by Gasteiger charge is -2.31. The van der Waals surface area contributed by atoms with Gasteiger partial charge in [-0.15, -0.1) is 0 Å². The highest BCUT2D eigenvalue weighted by Gasteiger charge is 2.20. The van der Waals surface area contributed by atoms with Crippen molar-refractivity contribution in [2.24, 2.45) is 5.92 Å². The highest BCUT2D eigenvalue weighted by Crippen LogP contribution is 2.18. The van der Waals surface area contributed by atoms with E-state index in [0.29, 0.717) is 23.5 Å². The van der Waals surface area contributed by atoms with Crippen molar-refractivity contribution < 1.29 is 4.39 Å². The minimum atomic E-state index is -0.290. The SMILES string of the molecule is CCC(CC)C(CNCc1ccc(F)cc1Cl)N(C)C. The van der Waals surface area contributed by atoms with E-state index in [1.807, 2.05) is 0 Å². The fourth-order valence-corrected chi connectivity index (χ4v) is 2.86. The van der Waals surface area contributed by atoms with Crippen LogP contribution in [0, 0.1) is 11.7 Å². The summed E-state index contributed by atoms with van der Waals surface area (Å²) in [6, 6.07) is 5.06. The molecule has 0 bridgehead atoms. The van der Waals surface area contributed by atoms with Crippen LogP contribution in [0.1, 0.15) is 32.3 Å².